The van der Waals surface area contributed by atoms with E-state index in [1.54, 1.807) is 0 Å². The van der Waals surface area contributed by atoms with Crippen LogP contribution in [0.5, 0.6) is 0 Å². The number of rotatable bonds is 3. The number of hydrazine groups is 1. The number of aromatic nitrogens is 4. The average molecular weight is 319 g/mol. The molecule has 2 heterocycles. The standard InChI is InChI=1S/C7H7BrN6S2/c1-3-13-14-7(15-3)16-6-4(8)5(12-9)10-2-11-6/h2H,9H2,1H3,(H,10,11,12). The monoisotopic (exact) mass is 318 g/mol. The molecule has 0 aliphatic rings. The number of hydrogen-bond donors (Lipinski definition) is 2. The van der Waals surface area contributed by atoms with Gasteiger partial charge >= 0.3 is 0 Å². The summed E-state index contributed by atoms with van der Waals surface area (Å²) in [7, 11) is 0. The van der Waals surface area contributed by atoms with Gasteiger partial charge in [0.1, 0.15) is 16.4 Å². The Labute approximate surface area is 108 Å². The first-order valence-electron chi connectivity index (χ1n) is 4.15. The smallest absolute Gasteiger partial charge is 0.180 e. The Morgan fingerprint density at radius 3 is 2.88 bits per heavy atom. The highest BCUT2D eigenvalue weighted by molar-refractivity contribution is 9.10. The van der Waals surface area contributed by atoms with Crippen molar-refractivity contribution in [2.24, 2.45) is 5.84 Å². The van der Waals surface area contributed by atoms with Gasteiger partial charge in [-0.1, -0.05) is 11.3 Å². The van der Waals surface area contributed by atoms with Crippen LogP contribution in [-0.2, 0) is 0 Å². The van der Waals surface area contributed by atoms with Gasteiger partial charge < -0.3 is 5.43 Å². The molecule has 84 valence electrons. The van der Waals surface area contributed by atoms with Gasteiger partial charge in [0.15, 0.2) is 10.2 Å². The molecular weight excluding hydrogens is 312 g/mol. The van der Waals surface area contributed by atoms with E-state index in [4.69, 9.17) is 5.84 Å². The van der Waals surface area contributed by atoms with Gasteiger partial charge in [0, 0.05) is 0 Å². The Morgan fingerprint density at radius 1 is 1.44 bits per heavy atom. The second kappa shape index (κ2) is 5.04. The average Bonchev–Trinajstić information content (AvgIpc) is 2.67. The van der Waals surface area contributed by atoms with Crippen LogP contribution >= 0.6 is 39.0 Å². The lowest BCUT2D eigenvalue weighted by atomic mass is 10.6. The number of anilines is 1. The van der Waals surface area contributed by atoms with Crippen LogP contribution in [0.1, 0.15) is 5.01 Å². The van der Waals surface area contributed by atoms with Gasteiger partial charge in [0.25, 0.3) is 0 Å². The van der Waals surface area contributed by atoms with Gasteiger partial charge in [-0.15, -0.1) is 10.2 Å². The van der Waals surface area contributed by atoms with Crippen molar-refractivity contribution in [2.75, 3.05) is 5.43 Å². The van der Waals surface area contributed by atoms with Gasteiger partial charge in [0.2, 0.25) is 0 Å². The van der Waals surface area contributed by atoms with Crippen molar-refractivity contribution in [3.63, 3.8) is 0 Å². The topological polar surface area (TPSA) is 89.6 Å². The fourth-order valence-corrected chi connectivity index (χ4v) is 3.20. The molecule has 0 atom stereocenters. The van der Waals surface area contributed by atoms with Crippen molar-refractivity contribution in [3.05, 3.63) is 15.8 Å². The highest BCUT2D eigenvalue weighted by Gasteiger charge is 2.11. The summed E-state index contributed by atoms with van der Waals surface area (Å²) in [6.45, 7) is 1.91. The zero-order valence-corrected chi connectivity index (χ0v) is 11.4. The molecule has 9 heteroatoms. The molecule has 0 radical (unpaired) electrons. The van der Waals surface area contributed by atoms with E-state index in [1.165, 1.54) is 29.4 Å². The lowest BCUT2D eigenvalue weighted by Crippen LogP contribution is -2.09. The molecule has 3 N–H and O–H groups in total. The molecule has 0 aliphatic carbocycles. The lowest BCUT2D eigenvalue weighted by molar-refractivity contribution is 0.973. The Balaban J connectivity index is 2.28. The van der Waals surface area contributed by atoms with E-state index in [9.17, 15) is 0 Å². The summed E-state index contributed by atoms with van der Waals surface area (Å²) in [6, 6.07) is 0. The lowest BCUT2D eigenvalue weighted by Gasteiger charge is -2.04. The molecule has 2 aromatic rings. The molecule has 0 aliphatic heterocycles. The molecule has 6 nitrogen and oxygen atoms in total. The van der Waals surface area contributed by atoms with Crippen molar-refractivity contribution in [1.82, 2.24) is 20.2 Å². The minimum Gasteiger partial charge on any atom is -0.307 e. The summed E-state index contributed by atoms with van der Waals surface area (Å²) in [6.07, 6.45) is 1.44. The molecular formula is C7H7BrN6S2. The van der Waals surface area contributed by atoms with Gasteiger partial charge in [-0.05, 0) is 34.6 Å². The third-order valence-corrected chi connectivity index (χ3v) is 4.49. The van der Waals surface area contributed by atoms with Crippen molar-refractivity contribution in [3.8, 4) is 0 Å². The second-order valence-corrected chi connectivity index (χ2v) is 5.89. The second-order valence-electron chi connectivity index (χ2n) is 2.67. The number of nitrogens with zero attached hydrogens (tertiary/aromatic N) is 4. The summed E-state index contributed by atoms with van der Waals surface area (Å²) < 4.78 is 1.55. The molecule has 0 aromatic carbocycles. The highest BCUT2D eigenvalue weighted by Crippen LogP contribution is 2.35. The Morgan fingerprint density at radius 2 is 2.25 bits per heavy atom. The van der Waals surface area contributed by atoms with Crippen LogP contribution in [0.25, 0.3) is 0 Å². The number of hydrogen-bond acceptors (Lipinski definition) is 8. The van der Waals surface area contributed by atoms with Gasteiger partial charge in [-0.2, -0.15) is 0 Å². The van der Waals surface area contributed by atoms with E-state index < -0.39 is 0 Å². The van der Waals surface area contributed by atoms with E-state index in [-0.39, 0.29) is 0 Å². The molecule has 0 amide bonds. The summed E-state index contributed by atoms with van der Waals surface area (Å²) in [5.74, 6) is 5.85. The molecule has 0 bridgehead atoms. The maximum absolute atomic E-state index is 5.31. The maximum atomic E-state index is 5.31. The Bertz CT molecular complexity index is 501. The third kappa shape index (κ3) is 2.48. The molecule has 16 heavy (non-hydrogen) atoms. The van der Waals surface area contributed by atoms with E-state index in [1.807, 2.05) is 6.92 Å². The van der Waals surface area contributed by atoms with E-state index in [2.05, 4.69) is 41.5 Å². The number of halogens is 1. The molecule has 2 rings (SSSR count). The first-order chi connectivity index (χ1) is 7.70. The molecule has 0 fully saturated rings. The van der Waals surface area contributed by atoms with Gasteiger partial charge in [-0.25, -0.2) is 15.8 Å². The minimum absolute atomic E-state index is 0.540. The first-order valence-corrected chi connectivity index (χ1v) is 6.58. The normalized spacial score (nSPS) is 10.4. The van der Waals surface area contributed by atoms with Crippen molar-refractivity contribution < 1.29 is 0 Å². The van der Waals surface area contributed by atoms with Crippen LogP contribution in [0, 0.1) is 6.92 Å². The fraction of sp³-hybridized carbons (Fsp3) is 0.143. The largest absolute Gasteiger partial charge is 0.307 e. The zero-order chi connectivity index (χ0) is 11.5. The fourth-order valence-electron chi connectivity index (χ4n) is 0.928. The quantitative estimate of drug-likeness (QED) is 0.507. The van der Waals surface area contributed by atoms with E-state index in [0.717, 1.165) is 18.8 Å². The summed E-state index contributed by atoms with van der Waals surface area (Å²) in [5.41, 5.74) is 2.48. The van der Waals surface area contributed by atoms with Crippen LogP contribution in [0.2, 0.25) is 0 Å². The van der Waals surface area contributed by atoms with Crippen LogP contribution in [0.3, 0.4) is 0 Å². The number of aryl methyl sites for hydroxylation is 1. The first kappa shape index (κ1) is 11.7. The molecule has 0 saturated carbocycles. The van der Waals surface area contributed by atoms with Gasteiger partial charge in [-0.3, -0.25) is 0 Å². The number of nitrogens with two attached hydrogens (primary N) is 1. The summed E-state index contributed by atoms with van der Waals surface area (Å²) in [4.78, 5) is 8.10. The van der Waals surface area contributed by atoms with Crippen LogP contribution in [0.4, 0.5) is 5.82 Å². The molecule has 0 spiro atoms. The zero-order valence-electron chi connectivity index (χ0n) is 8.14. The van der Waals surface area contributed by atoms with E-state index in [0.29, 0.717) is 5.82 Å². The maximum Gasteiger partial charge on any atom is 0.180 e. The number of nitrogen functional groups attached to an aromatic ring is 1. The highest BCUT2D eigenvalue weighted by atomic mass is 79.9. The Kier molecular flexibility index (Phi) is 3.69. The molecule has 0 unspecified atom stereocenters. The van der Waals surface area contributed by atoms with Crippen molar-refractivity contribution in [1.29, 1.82) is 0 Å². The van der Waals surface area contributed by atoms with Crippen molar-refractivity contribution >= 4 is 44.8 Å². The van der Waals surface area contributed by atoms with Crippen LogP contribution < -0.4 is 11.3 Å². The van der Waals surface area contributed by atoms with Crippen molar-refractivity contribution in [2.45, 2.75) is 16.3 Å². The Hall–Kier alpha value is -0.770. The minimum atomic E-state index is 0.540. The number of nitrogens with one attached hydrogen (secondary N) is 1. The predicted molar refractivity (Wildman–Crippen MR) is 66.3 cm³/mol. The molecule has 2 aromatic heterocycles. The summed E-state index contributed by atoms with van der Waals surface area (Å²) in [5, 5.41) is 9.61. The third-order valence-electron chi connectivity index (χ3n) is 1.59. The van der Waals surface area contributed by atoms with Crippen LogP contribution in [0.15, 0.2) is 20.2 Å². The van der Waals surface area contributed by atoms with Gasteiger partial charge in [0.05, 0.1) is 4.47 Å². The van der Waals surface area contributed by atoms with E-state index >= 15 is 0 Å². The SMILES string of the molecule is Cc1nnc(Sc2ncnc(NN)c2Br)s1. The predicted octanol–water partition coefficient (Wildman–Crippen LogP) is 1.84. The summed E-state index contributed by atoms with van der Waals surface area (Å²) >= 11 is 6.30. The molecule has 0 saturated heterocycles. The van der Waals surface area contributed by atoms with Crippen LogP contribution in [-0.4, -0.2) is 20.2 Å².